The lowest BCUT2D eigenvalue weighted by Gasteiger charge is -2.37. The summed E-state index contributed by atoms with van der Waals surface area (Å²) in [4.78, 5) is 26.8. The van der Waals surface area contributed by atoms with Gasteiger partial charge in [0.05, 0.1) is 5.41 Å². The quantitative estimate of drug-likeness (QED) is 0.664. The summed E-state index contributed by atoms with van der Waals surface area (Å²) < 4.78 is 0. The molecule has 0 spiro atoms. The highest BCUT2D eigenvalue weighted by molar-refractivity contribution is 5.94. The van der Waals surface area contributed by atoms with Gasteiger partial charge in [-0.1, -0.05) is 50.6 Å². The maximum absolute atomic E-state index is 13.1. The van der Waals surface area contributed by atoms with Gasteiger partial charge >= 0.3 is 0 Å². The second-order valence-electron chi connectivity index (χ2n) is 7.69. The molecule has 1 unspecified atom stereocenters. The van der Waals surface area contributed by atoms with E-state index in [2.05, 4.69) is 0 Å². The van der Waals surface area contributed by atoms with Crippen LogP contribution in [0.25, 0.3) is 0 Å². The highest BCUT2D eigenvalue weighted by Gasteiger charge is 2.50. The van der Waals surface area contributed by atoms with Gasteiger partial charge in [0.2, 0.25) is 5.91 Å². The minimum Gasteiger partial charge on any atom is -0.329 e. The van der Waals surface area contributed by atoms with Crippen LogP contribution in [0.2, 0.25) is 0 Å². The van der Waals surface area contributed by atoms with E-state index >= 15 is 0 Å². The summed E-state index contributed by atoms with van der Waals surface area (Å²) in [5.41, 5.74) is 2.72. The molecule has 2 rings (SSSR count). The first-order chi connectivity index (χ1) is 10.6. The molecule has 1 fully saturated rings. The second-order valence-corrected chi connectivity index (χ2v) is 7.69. The molecule has 5 heteroatoms. The third kappa shape index (κ3) is 3.11. The maximum Gasteiger partial charge on any atom is 0.266 e. The molecule has 1 aliphatic heterocycles. The summed E-state index contributed by atoms with van der Waals surface area (Å²) in [6.45, 7) is 10.1. The average molecular weight is 318 g/mol. The van der Waals surface area contributed by atoms with E-state index in [4.69, 9.17) is 5.21 Å². The van der Waals surface area contributed by atoms with E-state index < -0.39 is 22.8 Å². The van der Waals surface area contributed by atoms with Crippen molar-refractivity contribution in [3.8, 4) is 0 Å². The number of rotatable bonds is 3. The number of amides is 2. The third-order valence-corrected chi connectivity index (χ3v) is 4.76. The summed E-state index contributed by atoms with van der Waals surface area (Å²) >= 11 is 0. The number of nitrogens with one attached hydrogen (secondary N) is 1. The van der Waals surface area contributed by atoms with Gasteiger partial charge in [0, 0.05) is 6.54 Å². The molecule has 0 aliphatic carbocycles. The minimum atomic E-state index is -0.702. The van der Waals surface area contributed by atoms with Gasteiger partial charge in [0.25, 0.3) is 5.91 Å². The summed E-state index contributed by atoms with van der Waals surface area (Å²) in [6.07, 6.45) is 0.653. The molecule has 1 aliphatic rings. The molecule has 0 aromatic heterocycles. The first kappa shape index (κ1) is 17.5. The Bertz CT molecular complexity index is 604. The van der Waals surface area contributed by atoms with Crippen molar-refractivity contribution in [2.75, 3.05) is 6.54 Å². The van der Waals surface area contributed by atoms with E-state index in [1.807, 2.05) is 58.9 Å². The maximum atomic E-state index is 13.1. The fourth-order valence-electron chi connectivity index (χ4n) is 3.37. The van der Waals surface area contributed by atoms with Gasteiger partial charge in [0.1, 0.15) is 6.04 Å². The van der Waals surface area contributed by atoms with E-state index in [0.29, 0.717) is 13.0 Å². The molecule has 1 heterocycles. The molecule has 2 atom stereocenters. The molecular weight excluding hydrogens is 292 g/mol. The molecule has 1 aromatic rings. The monoisotopic (exact) mass is 318 g/mol. The largest absolute Gasteiger partial charge is 0.329 e. The lowest BCUT2D eigenvalue weighted by molar-refractivity contribution is -0.148. The topological polar surface area (TPSA) is 69.6 Å². The Kier molecular flexibility index (Phi) is 4.53. The van der Waals surface area contributed by atoms with E-state index in [-0.39, 0.29) is 5.91 Å². The standard InChI is InChI=1S/C18H26N2O3/c1-12-6-8-13(9-7-12)18(5)10-11-20(16(18)22)14(15(21)19-23)17(2,3)4/h6-9,14,23H,10-11H2,1-5H3,(H,19,21)/t14-,18?/m0/s1. The van der Waals surface area contributed by atoms with Gasteiger partial charge in [-0.15, -0.1) is 0 Å². The first-order valence-corrected chi connectivity index (χ1v) is 7.93. The molecule has 5 nitrogen and oxygen atoms in total. The van der Waals surface area contributed by atoms with Crippen LogP contribution < -0.4 is 5.48 Å². The molecule has 126 valence electrons. The van der Waals surface area contributed by atoms with Gasteiger partial charge in [-0.2, -0.15) is 0 Å². The van der Waals surface area contributed by atoms with Gasteiger partial charge in [0.15, 0.2) is 0 Å². The highest BCUT2D eigenvalue weighted by Crippen LogP contribution is 2.39. The molecule has 2 amide bonds. The van der Waals surface area contributed by atoms with Crippen LogP contribution in [-0.4, -0.2) is 34.5 Å². The summed E-state index contributed by atoms with van der Waals surface area (Å²) in [5, 5.41) is 9.06. The smallest absolute Gasteiger partial charge is 0.266 e. The number of likely N-dealkylation sites (tertiary alicyclic amines) is 1. The van der Waals surface area contributed by atoms with Crippen LogP contribution in [-0.2, 0) is 15.0 Å². The van der Waals surface area contributed by atoms with Crippen LogP contribution in [0.15, 0.2) is 24.3 Å². The molecule has 1 saturated heterocycles. The zero-order valence-corrected chi connectivity index (χ0v) is 14.5. The number of hydrogen-bond acceptors (Lipinski definition) is 3. The van der Waals surface area contributed by atoms with Crippen LogP contribution >= 0.6 is 0 Å². The van der Waals surface area contributed by atoms with E-state index in [9.17, 15) is 9.59 Å². The van der Waals surface area contributed by atoms with Gasteiger partial charge in [-0.3, -0.25) is 14.8 Å². The van der Waals surface area contributed by atoms with Crippen molar-refractivity contribution in [2.24, 2.45) is 5.41 Å². The van der Waals surface area contributed by atoms with Crippen molar-refractivity contribution in [1.29, 1.82) is 0 Å². The Balaban J connectivity index is 2.36. The Morgan fingerprint density at radius 3 is 2.35 bits per heavy atom. The molecule has 23 heavy (non-hydrogen) atoms. The zero-order valence-electron chi connectivity index (χ0n) is 14.5. The molecular formula is C18H26N2O3. The Labute approximate surface area is 137 Å². The normalized spacial score (nSPS) is 23.0. The fourth-order valence-corrected chi connectivity index (χ4v) is 3.37. The van der Waals surface area contributed by atoms with Crippen molar-refractivity contribution in [2.45, 2.75) is 52.5 Å². The summed E-state index contributed by atoms with van der Waals surface area (Å²) in [7, 11) is 0. The van der Waals surface area contributed by atoms with E-state index in [0.717, 1.165) is 11.1 Å². The average Bonchev–Trinajstić information content (AvgIpc) is 2.76. The molecule has 1 aromatic carbocycles. The van der Waals surface area contributed by atoms with E-state index in [1.165, 1.54) is 0 Å². The van der Waals surface area contributed by atoms with Gasteiger partial charge in [-0.05, 0) is 31.2 Å². The number of nitrogens with zero attached hydrogens (tertiary/aromatic N) is 1. The van der Waals surface area contributed by atoms with Crippen LogP contribution in [0, 0.1) is 12.3 Å². The second kappa shape index (κ2) is 5.96. The summed E-state index contributed by atoms with van der Waals surface area (Å²) in [6, 6.07) is 7.26. The van der Waals surface area contributed by atoms with Gasteiger partial charge in [-0.25, -0.2) is 5.48 Å². The van der Waals surface area contributed by atoms with Gasteiger partial charge < -0.3 is 4.90 Å². The van der Waals surface area contributed by atoms with E-state index in [1.54, 1.807) is 10.4 Å². The van der Waals surface area contributed by atoms with Crippen molar-refractivity contribution >= 4 is 11.8 Å². The third-order valence-electron chi connectivity index (χ3n) is 4.76. The minimum absolute atomic E-state index is 0.0649. The fraction of sp³-hybridized carbons (Fsp3) is 0.556. The number of carbonyl (C=O) groups excluding carboxylic acids is 2. The summed E-state index contributed by atoms with van der Waals surface area (Å²) in [5.74, 6) is -0.608. The lowest BCUT2D eigenvalue weighted by atomic mass is 9.80. The predicted octanol–water partition coefficient (Wildman–Crippen LogP) is 2.41. The number of hydroxylamine groups is 1. The zero-order chi connectivity index (χ0) is 17.4. The van der Waals surface area contributed by atoms with Crippen molar-refractivity contribution < 1.29 is 14.8 Å². The van der Waals surface area contributed by atoms with Crippen molar-refractivity contribution in [1.82, 2.24) is 10.4 Å². The number of aryl methyl sites for hydroxylation is 1. The van der Waals surface area contributed by atoms with Crippen LogP contribution in [0.4, 0.5) is 0 Å². The number of hydrogen-bond donors (Lipinski definition) is 2. The van der Waals surface area contributed by atoms with Crippen molar-refractivity contribution in [3.05, 3.63) is 35.4 Å². The van der Waals surface area contributed by atoms with Crippen LogP contribution in [0.3, 0.4) is 0 Å². The Morgan fingerprint density at radius 1 is 1.30 bits per heavy atom. The highest BCUT2D eigenvalue weighted by atomic mass is 16.5. The van der Waals surface area contributed by atoms with Crippen molar-refractivity contribution in [3.63, 3.8) is 0 Å². The molecule has 0 radical (unpaired) electrons. The molecule has 0 saturated carbocycles. The molecule has 2 N–H and O–H groups in total. The van der Waals surface area contributed by atoms with Crippen LogP contribution in [0.5, 0.6) is 0 Å². The predicted molar refractivity (Wildman–Crippen MR) is 88.0 cm³/mol. The molecule has 0 bridgehead atoms. The first-order valence-electron chi connectivity index (χ1n) is 7.93. The number of benzene rings is 1. The Morgan fingerprint density at radius 2 is 1.87 bits per heavy atom. The SMILES string of the molecule is Cc1ccc(C2(C)CCN([C@@H](C(=O)NO)C(C)(C)C)C2=O)cc1. The lowest BCUT2D eigenvalue weighted by Crippen LogP contribution is -2.55. The number of carbonyl (C=O) groups is 2. The Hall–Kier alpha value is -1.88. The van der Waals surface area contributed by atoms with Crippen LogP contribution in [0.1, 0.15) is 45.2 Å².